The Morgan fingerprint density at radius 1 is 1.26 bits per heavy atom. The smallest absolute Gasteiger partial charge is 0.223 e. The van der Waals surface area contributed by atoms with Gasteiger partial charge in [0, 0.05) is 6.04 Å². The predicted octanol–water partition coefficient (Wildman–Crippen LogP) is 1.68. The van der Waals surface area contributed by atoms with Gasteiger partial charge in [-0.25, -0.2) is 15.0 Å². The van der Waals surface area contributed by atoms with Crippen molar-refractivity contribution >= 4 is 17.5 Å². The lowest BCUT2D eigenvalue weighted by atomic mass is 10.1. The largest absolute Gasteiger partial charge is 0.351 e. The summed E-state index contributed by atoms with van der Waals surface area (Å²) in [4.78, 5) is 15.7. The fraction of sp³-hybridized carbons (Fsp3) is 0.417. The lowest BCUT2D eigenvalue weighted by molar-refractivity contribution is 0.477. The zero-order valence-electron chi connectivity index (χ0n) is 10.4. The Hall–Kier alpha value is -1.66. The molecule has 1 saturated heterocycles. The first-order chi connectivity index (χ1) is 9.33. The Morgan fingerprint density at radius 3 is 2.84 bits per heavy atom. The van der Waals surface area contributed by atoms with E-state index in [4.69, 9.17) is 11.6 Å². The van der Waals surface area contributed by atoms with Crippen molar-refractivity contribution in [3.63, 3.8) is 0 Å². The number of piperidine rings is 1. The van der Waals surface area contributed by atoms with Crippen LogP contribution in [-0.2, 0) is 0 Å². The molecule has 0 unspecified atom stereocenters. The summed E-state index contributed by atoms with van der Waals surface area (Å²) in [5, 5.41) is 7.20. The minimum Gasteiger partial charge on any atom is -0.351 e. The molecule has 0 spiro atoms. The fourth-order valence-electron chi connectivity index (χ4n) is 2.16. The van der Waals surface area contributed by atoms with Crippen molar-refractivity contribution in [1.29, 1.82) is 0 Å². The number of nitrogens with one attached hydrogen (secondary N) is 3. The molecule has 1 aliphatic rings. The van der Waals surface area contributed by atoms with E-state index in [0.29, 0.717) is 22.7 Å². The van der Waals surface area contributed by atoms with Gasteiger partial charge in [0.05, 0.1) is 29.4 Å². The van der Waals surface area contributed by atoms with Crippen LogP contribution in [0.2, 0.25) is 5.02 Å². The molecule has 0 amide bonds. The first-order valence-corrected chi connectivity index (χ1v) is 6.69. The molecule has 3 N–H and O–H groups in total. The molecule has 0 aromatic carbocycles. The number of hydrogen-bond acceptors (Lipinski definition) is 5. The van der Waals surface area contributed by atoms with Crippen LogP contribution in [0.4, 0.5) is 5.95 Å². The highest BCUT2D eigenvalue weighted by Crippen LogP contribution is 2.24. The highest BCUT2D eigenvalue weighted by atomic mass is 35.5. The van der Waals surface area contributed by atoms with E-state index in [2.05, 4.69) is 30.6 Å². The summed E-state index contributed by atoms with van der Waals surface area (Å²) >= 11 is 6.12. The van der Waals surface area contributed by atoms with Gasteiger partial charge < -0.3 is 15.6 Å². The summed E-state index contributed by atoms with van der Waals surface area (Å²) in [6, 6.07) is 0.414. The van der Waals surface area contributed by atoms with Crippen LogP contribution in [-0.4, -0.2) is 39.1 Å². The SMILES string of the molecule is Clc1cnc(NC2CCNCC2)nc1-c1cnc[nH]1. The van der Waals surface area contributed by atoms with Crippen molar-refractivity contribution < 1.29 is 0 Å². The Bertz CT molecular complexity index is 535. The molecule has 3 heterocycles. The molecule has 2 aromatic heterocycles. The molecule has 2 aromatic rings. The van der Waals surface area contributed by atoms with Gasteiger partial charge in [-0.05, 0) is 25.9 Å². The van der Waals surface area contributed by atoms with Crippen molar-refractivity contribution in [2.75, 3.05) is 18.4 Å². The lowest BCUT2D eigenvalue weighted by Gasteiger charge is -2.23. The standard InChI is InChI=1S/C12H15ClN6/c13-9-5-16-12(18-8-1-3-14-4-2-8)19-11(9)10-6-15-7-17-10/h5-8,14H,1-4H2,(H,15,17)(H,16,18,19). The molecule has 0 atom stereocenters. The molecule has 0 aliphatic carbocycles. The van der Waals surface area contributed by atoms with E-state index in [1.807, 2.05) is 0 Å². The Kier molecular flexibility index (Phi) is 3.61. The van der Waals surface area contributed by atoms with Crippen molar-refractivity contribution in [2.45, 2.75) is 18.9 Å². The topological polar surface area (TPSA) is 78.5 Å². The molecule has 3 rings (SSSR count). The Morgan fingerprint density at radius 2 is 2.11 bits per heavy atom. The Labute approximate surface area is 116 Å². The summed E-state index contributed by atoms with van der Waals surface area (Å²) in [6.07, 6.45) is 7.07. The Balaban J connectivity index is 1.81. The third-order valence-corrected chi connectivity index (χ3v) is 3.45. The number of H-pyrrole nitrogens is 1. The van der Waals surface area contributed by atoms with Gasteiger partial charge in [-0.1, -0.05) is 11.6 Å². The molecule has 0 bridgehead atoms. The minimum atomic E-state index is 0.414. The first kappa shape index (κ1) is 12.4. The number of aromatic amines is 1. The van der Waals surface area contributed by atoms with Gasteiger partial charge in [-0.3, -0.25) is 0 Å². The number of imidazole rings is 1. The molecule has 0 radical (unpaired) electrons. The maximum Gasteiger partial charge on any atom is 0.223 e. The molecule has 6 nitrogen and oxygen atoms in total. The third-order valence-electron chi connectivity index (χ3n) is 3.17. The zero-order valence-corrected chi connectivity index (χ0v) is 11.1. The average Bonchev–Trinajstić information content (AvgIpc) is 2.96. The molecular weight excluding hydrogens is 264 g/mol. The second kappa shape index (κ2) is 5.54. The number of aromatic nitrogens is 4. The summed E-state index contributed by atoms with van der Waals surface area (Å²) < 4.78 is 0. The molecule has 0 saturated carbocycles. The average molecular weight is 279 g/mol. The van der Waals surface area contributed by atoms with E-state index >= 15 is 0 Å². The third kappa shape index (κ3) is 2.85. The summed E-state index contributed by atoms with van der Waals surface area (Å²) in [5.74, 6) is 0.612. The molecule has 19 heavy (non-hydrogen) atoms. The van der Waals surface area contributed by atoms with Gasteiger partial charge in [0.2, 0.25) is 5.95 Å². The first-order valence-electron chi connectivity index (χ1n) is 6.31. The van der Waals surface area contributed by atoms with Crippen molar-refractivity contribution in [3.8, 4) is 11.4 Å². The summed E-state index contributed by atoms with van der Waals surface area (Å²) in [7, 11) is 0. The zero-order chi connectivity index (χ0) is 13.1. The second-order valence-electron chi connectivity index (χ2n) is 4.52. The number of nitrogens with zero attached hydrogens (tertiary/aromatic N) is 3. The van der Waals surface area contributed by atoms with Crippen LogP contribution in [0.15, 0.2) is 18.7 Å². The normalized spacial score (nSPS) is 16.5. The number of hydrogen-bond donors (Lipinski definition) is 3. The van der Waals surface area contributed by atoms with E-state index < -0.39 is 0 Å². The van der Waals surface area contributed by atoms with E-state index in [0.717, 1.165) is 31.6 Å². The van der Waals surface area contributed by atoms with E-state index in [9.17, 15) is 0 Å². The van der Waals surface area contributed by atoms with Crippen molar-refractivity contribution in [1.82, 2.24) is 25.3 Å². The van der Waals surface area contributed by atoms with Crippen molar-refractivity contribution in [2.24, 2.45) is 0 Å². The van der Waals surface area contributed by atoms with Crippen LogP contribution in [0.3, 0.4) is 0 Å². The molecular formula is C12H15ClN6. The van der Waals surface area contributed by atoms with E-state index in [1.165, 1.54) is 0 Å². The maximum atomic E-state index is 6.12. The van der Waals surface area contributed by atoms with Crippen LogP contribution in [0.5, 0.6) is 0 Å². The van der Waals surface area contributed by atoms with Gasteiger partial charge in [-0.15, -0.1) is 0 Å². The van der Waals surface area contributed by atoms with Gasteiger partial charge in [0.1, 0.15) is 5.69 Å². The van der Waals surface area contributed by atoms with E-state index in [1.54, 1.807) is 18.7 Å². The van der Waals surface area contributed by atoms with Gasteiger partial charge >= 0.3 is 0 Å². The molecule has 1 fully saturated rings. The van der Waals surface area contributed by atoms with E-state index in [-0.39, 0.29) is 0 Å². The quantitative estimate of drug-likeness (QED) is 0.796. The lowest BCUT2D eigenvalue weighted by Crippen LogP contribution is -2.35. The van der Waals surface area contributed by atoms with Gasteiger partial charge in [-0.2, -0.15) is 0 Å². The highest BCUT2D eigenvalue weighted by molar-refractivity contribution is 6.32. The van der Waals surface area contributed by atoms with Crippen LogP contribution >= 0.6 is 11.6 Å². The monoisotopic (exact) mass is 278 g/mol. The highest BCUT2D eigenvalue weighted by Gasteiger charge is 2.15. The number of halogens is 1. The van der Waals surface area contributed by atoms with Crippen LogP contribution < -0.4 is 10.6 Å². The van der Waals surface area contributed by atoms with Crippen LogP contribution in [0.25, 0.3) is 11.4 Å². The summed E-state index contributed by atoms with van der Waals surface area (Å²) in [5.41, 5.74) is 1.46. The number of anilines is 1. The predicted molar refractivity (Wildman–Crippen MR) is 74.1 cm³/mol. The number of rotatable bonds is 3. The minimum absolute atomic E-state index is 0.414. The van der Waals surface area contributed by atoms with Crippen LogP contribution in [0, 0.1) is 0 Å². The molecule has 1 aliphatic heterocycles. The fourth-order valence-corrected chi connectivity index (χ4v) is 2.35. The molecule has 7 heteroatoms. The van der Waals surface area contributed by atoms with Gasteiger partial charge in [0.15, 0.2) is 0 Å². The molecule has 100 valence electrons. The second-order valence-corrected chi connectivity index (χ2v) is 4.93. The maximum absolute atomic E-state index is 6.12. The summed E-state index contributed by atoms with van der Waals surface area (Å²) in [6.45, 7) is 2.05. The van der Waals surface area contributed by atoms with Crippen LogP contribution in [0.1, 0.15) is 12.8 Å². The van der Waals surface area contributed by atoms with Crippen molar-refractivity contribution in [3.05, 3.63) is 23.7 Å². The van der Waals surface area contributed by atoms with Gasteiger partial charge in [0.25, 0.3) is 0 Å².